The van der Waals surface area contributed by atoms with Gasteiger partial charge in [0.25, 0.3) is 0 Å². The van der Waals surface area contributed by atoms with Gasteiger partial charge in [-0.25, -0.2) is 0 Å². The van der Waals surface area contributed by atoms with Crippen molar-refractivity contribution >= 4 is 21.8 Å². The zero-order chi connectivity index (χ0) is 37.1. The van der Waals surface area contributed by atoms with E-state index < -0.39 is 0 Å². The van der Waals surface area contributed by atoms with E-state index in [-0.39, 0.29) is 0 Å². The number of aryl methyl sites for hydroxylation is 2. The molecular weight excluding hydrogens is 685 g/mol. The molecule has 0 aliphatic heterocycles. The maximum atomic E-state index is 5.68. The van der Waals surface area contributed by atoms with Crippen LogP contribution in [0, 0.1) is 6.92 Å². The summed E-state index contributed by atoms with van der Waals surface area (Å²) in [7, 11) is 0. The normalized spacial score (nSPS) is 11.2. The van der Waals surface area contributed by atoms with Crippen LogP contribution in [0.4, 0.5) is 0 Å². The van der Waals surface area contributed by atoms with Crippen molar-refractivity contribution in [2.24, 2.45) is 0 Å². The summed E-state index contributed by atoms with van der Waals surface area (Å²) >= 11 is 0. The third kappa shape index (κ3) is 6.57. The van der Waals surface area contributed by atoms with Gasteiger partial charge >= 0.3 is 0 Å². The fraction of sp³-hybridized carbons (Fsp3) is 0.0667. The monoisotopic (exact) mass is 718 g/mol. The van der Waals surface area contributed by atoms with Crippen molar-refractivity contribution in [3.63, 3.8) is 0 Å². The van der Waals surface area contributed by atoms with Crippen LogP contribution in [0.1, 0.15) is 18.2 Å². The lowest BCUT2D eigenvalue weighted by Crippen LogP contribution is -1.89. The van der Waals surface area contributed by atoms with E-state index in [9.17, 15) is 0 Å². The second-order valence-electron chi connectivity index (χ2n) is 13.1. The zero-order valence-corrected chi connectivity index (χ0v) is 30.1. The highest BCUT2D eigenvalue weighted by Crippen LogP contribution is 2.37. The number of fused-ring (bicyclic) bond motifs is 2. The van der Waals surface area contributed by atoms with Gasteiger partial charge in [-0.15, -0.1) is 0 Å². The number of hydrogen-bond acceptors (Lipinski definition) is 8. The molecule has 0 bridgehead atoms. The SMILES string of the molecule is CCc1ccc(-c2onc3ccc(-c4c[nH]nc4-c4ccccn4)cc23)cc1.Cc1cccc(-c2n[nH]cc2-c2ccc3noc(-c4ccccc4)c3c2)n1. The van der Waals surface area contributed by atoms with Crippen molar-refractivity contribution in [3.8, 4) is 67.7 Å². The summed E-state index contributed by atoms with van der Waals surface area (Å²) in [6, 6.07) is 42.4. The van der Waals surface area contributed by atoms with Gasteiger partial charge in [0.05, 0.1) is 22.2 Å². The third-order valence-electron chi connectivity index (χ3n) is 9.55. The van der Waals surface area contributed by atoms with Gasteiger partial charge in [0.2, 0.25) is 0 Å². The fourth-order valence-corrected chi connectivity index (χ4v) is 6.70. The number of aromatic nitrogens is 8. The molecule has 10 nitrogen and oxygen atoms in total. The van der Waals surface area contributed by atoms with Gasteiger partial charge in [0.1, 0.15) is 22.4 Å². The number of nitrogens with one attached hydrogen (secondary N) is 2. The first-order valence-corrected chi connectivity index (χ1v) is 18.0. The number of nitrogens with zero attached hydrogens (tertiary/aromatic N) is 6. The van der Waals surface area contributed by atoms with Crippen LogP contribution in [0.5, 0.6) is 0 Å². The van der Waals surface area contributed by atoms with E-state index in [0.717, 1.165) is 102 Å². The van der Waals surface area contributed by atoms with Gasteiger partial charge in [0.15, 0.2) is 11.5 Å². The Morgan fingerprint density at radius 2 is 1.11 bits per heavy atom. The quantitative estimate of drug-likeness (QED) is 0.166. The van der Waals surface area contributed by atoms with Gasteiger partial charge in [-0.3, -0.25) is 20.2 Å². The van der Waals surface area contributed by atoms with Gasteiger partial charge < -0.3 is 9.05 Å². The summed E-state index contributed by atoms with van der Waals surface area (Å²) in [5, 5.41) is 25.2. The van der Waals surface area contributed by atoms with Crippen LogP contribution in [-0.2, 0) is 6.42 Å². The van der Waals surface area contributed by atoms with E-state index in [1.54, 1.807) is 6.20 Å². The van der Waals surface area contributed by atoms with E-state index in [1.807, 2.05) is 110 Å². The second-order valence-corrected chi connectivity index (χ2v) is 13.1. The van der Waals surface area contributed by atoms with Crippen LogP contribution < -0.4 is 0 Å². The minimum absolute atomic E-state index is 0.770. The summed E-state index contributed by atoms with van der Waals surface area (Å²) in [4.78, 5) is 9.03. The number of hydrogen-bond donors (Lipinski definition) is 2. The molecule has 0 atom stereocenters. The fourth-order valence-electron chi connectivity index (χ4n) is 6.70. The molecule has 10 aromatic rings. The van der Waals surface area contributed by atoms with Crippen molar-refractivity contribution < 1.29 is 9.05 Å². The first-order valence-electron chi connectivity index (χ1n) is 18.0. The van der Waals surface area contributed by atoms with Crippen molar-refractivity contribution in [1.82, 2.24) is 40.7 Å². The number of pyridine rings is 2. The molecule has 0 spiro atoms. The summed E-state index contributed by atoms with van der Waals surface area (Å²) in [5.41, 5.74) is 13.3. The Labute approximate surface area is 315 Å². The van der Waals surface area contributed by atoms with Crippen LogP contribution in [-0.4, -0.2) is 40.7 Å². The molecule has 6 heterocycles. The Morgan fingerprint density at radius 1 is 0.545 bits per heavy atom. The van der Waals surface area contributed by atoms with Crippen molar-refractivity contribution in [1.29, 1.82) is 0 Å². The highest BCUT2D eigenvalue weighted by atomic mass is 16.5. The molecule has 0 amide bonds. The Balaban J connectivity index is 0.000000144. The Kier molecular flexibility index (Phi) is 8.81. The molecule has 0 unspecified atom stereocenters. The average Bonchev–Trinajstić information content (AvgIpc) is 4.08. The van der Waals surface area contributed by atoms with Gasteiger partial charge in [-0.1, -0.05) is 96.1 Å². The highest BCUT2D eigenvalue weighted by Gasteiger charge is 2.18. The molecule has 2 N–H and O–H groups in total. The zero-order valence-electron chi connectivity index (χ0n) is 30.1. The van der Waals surface area contributed by atoms with Crippen molar-refractivity contribution in [2.45, 2.75) is 20.3 Å². The minimum atomic E-state index is 0.770. The molecule has 10 heteroatoms. The largest absolute Gasteiger partial charge is 0.355 e. The lowest BCUT2D eigenvalue weighted by molar-refractivity contribution is 0.441. The lowest BCUT2D eigenvalue weighted by Gasteiger charge is -2.04. The summed E-state index contributed by atoms with van der Waals surface area (Å²) < 4.78 is 11.3. The predicted octanol–water partition coefficient (Wildman–Crippen LogP) is 10.8. The van der Waals surface area contributed by atoms with E-state index in [4.69, 9.17) is 9.05 Å². The first kappa shape index (κ1) is 33.4. The number of benzene rings is 4. The summed E-state index contributed by atoms with van der Waals surface area (Å²) in [5.74, 6) is 1.55. The topological polar surface area (TPSA) is 135 Å². The molecule has 6 aromatic heterocycles. The Bertz CT molecular complexity index is 2870. The minimum Gasteiger partial charge on any atom is -0.355 e. The highest BCUT2D eigenvalue weighted by molar-refractivity contribution is 5.97. The van der Waals surface area contributed by atoms with E-state index >= 15 is 0 Å². The number of H-pyrrole nitrogens is 2. The van der Waals surface area contributed by atoms with Crippen molar-refractivity contribution in [2.75, 3.05) is 0 Å². The number of aromatic amines is 2. The Hall–Kier alpha value is -7.46. The van der Waals surface area contributed by atoms with E-state index in [0.29, 0.717) is 0 Å². The molecule has 0 radical (unpaired) electrons. The molecular formula is C45H34N8O2. The third-order valence-corrected chi connectivity index (χ3v) is 9.55. The summed E-state index contributed by atoms with van der Waals surface area (Å²) in [6.45, 7) is 4.13. The van der Waals surface area contributed by atoms with Crippen LogP contribution in [0.2, 0.25) is 0 Å². The molecule has 0 aliphatic carbocycles. The molecule has 266 valence electrons. The van der Waals surface area contributed by atoms with Crippen molar-refractivity contribution in [3.05, 3.63) is 157 Å². The molecule has 0 aliphatic rings. The second kappa shape index (κ2) is 14.5. The first-order chi connectivity index (χ1) is 27.1. The standard InChI is InChI=1S/C23H18N4O.C22H16N4O/c1-2-15-6-8-16(9-7-15)23-18-13-17(10-11-20(18)27-28-23)19-14-25-26-22(19)21-5-3-4-12-24-21;1-14-6-5-9-20(24-14)21-18(13-23-25-21)16-10-11-19-17(12-16)22(27-26-19)15-7-3-2-4-8-15/h3-14H,2H2,1H3,(H,25,26);2-13H,1H3,(H,23,25). The molecule has 0 saturated heterocycles. The molecule has 0 fully saturated rings. The molecule has 10 rings (SSSR count). The maximum absolute atomic E-state index is 5.68. The van der Waals surface area contributed by atoms with Crippen LogP contribution in [0.25, 0.3) is 89.5 Å². The van der Waals surface area contributed by atoms with Crippen LogP contribution >= 0.6 is 0 Å². The molecule has 0 saturated carbocycles. The van der Waals surface area contributed by atoms with Crippen LogP contribution in [0.3, 0.4) is 0 Å². The van der Waals surface area contributed by atoms with Crippen LogP contribution in [0.15, 0.2) is 155 Å². The van der Waals surface area contributed by atoms with E-state index in [1.165, 1.54) is 5.56 Å². The molecule has 4 aromatic carbocycles. The lowest BCUT2D eigenvalue weighted by atomic mass is 10.0. The maximum Gasteiger partial charge on any atom is 0.174 e. The average molecular weight is 719 g/mol. The Morgan fingerprint density at radius 3 is 1.69 bits per heavy atom. The van der Waals surface area contributed by atoms with Gasteiger partial charge in [-0.2, -0.15) is 10.2 Å². The number of rotatable bonds is 7. The van der Waals surface area contributed by atoms with E-state index in [2.05, 4.69) is 84.0 Å². The predicted molar refractivity (Wildman–Crippen MR) is 215 cm³/mol. The molecule has 55 heavy (non-hydrogen) atoms. The summed E-state index contributed by atoms with van der Waals surface area (Å²) in [6.07, 6.45) is 6.58. The van der Waals surface area contributed by atoms with Gasteiger partial charge in [-0.05, 0) is 78.6 Å². The van der Waals surface area contributed by atoms with Gasteiger partial charge in [0, 0.05) is 46.5 Å². The smallest absolute Gasteiger partial charge is 0.174 e.